The van der Waals surface area contributed by atoms with Gasteiger partial charge in [0.15, 0.2) is 0 Å². The van der Waals surface area contributed by atoms with E-state index in [0.717, 1.165) is 24.0 Å². The molecule has 2 rings (SSSR count). The molecule has 0 spiro atoms. The number of nitrogens with one attached hydrogen (secondary N) is 1. The third-order valence-corrected chi connectivity index (χ3v) is 3.09. The highest BCUT2D eigenvalue weighted by Crippen LogP contribution is 2.18. The van der Waals surface area contributed by atoms with Crippen LogP contribution in [0.25, 0.3) is 0 Å². The number of hydrogen-bond acceptors (Lipinski definition) is 5. The summed E-state index contributed by atoms with van der Waals surface area (Å²) in [5.41, 5.74) is 1.19. The van der Waals surface area contributed by atoms with Gasteiger partial charge in [-0.1, -0.05) is 30.3 Å². The van der Waals surface area contributed by atoms with Gasteiger partial charge in [0.25, 0.3) is 0 Å². The van der Waals surface area contributed by atoms with Crippen molar-refractivity contribution in [3.63, 3.8) is 0 Å². The second-order valence-corrected chi connectivity index (χ2v) is 4.82. The highest BCUT2D eigenvalue weighted by atomic mass is 16.3. The van der Waals surface area contributed by atoms with E-state index in [1.807, 2.05) is 38.1 Å². The smallest absolute Gasteiger partial charge is 0.134 e. The van der Waals surface area contributed by atoms with Crippen LogP contribution >= 0.6 is 0 Å². The summed E-state index contributed by atoms with van der Waals surface area (Å²) in [6.07, 6.45) is 0. The summed E-state index contributed by atoms with van der Waals surface area (Å²) in [7, 11) is 0. The van der Waals surface area contributed by atoms with Gasteiger partial charge in [-0.3, -0.25) is 0 Å². The van der Waals surface area contributed by atoms with Crippen LogP contribution in [-0.2, 0) is 6.54 Å². The highest BCUT2D eigenvalue weighted by molar-refractivity contribution is 5.49. The van der Waals surface area contributed by atoms with E-state index < -0.39 is 0 Å². The largest absolute Gasteiger partial charge is 0.395 e. The molecule has 0 atom stereocenters. The first-order valence-electron chi connectivity index (χ1n) is 7.22. The van der Waals surface area contributed by atoms with Crippen LogP contribution in [0.3, 0.4) is 0 Å². The summed E-state index contributed by atoms with van der Waals surface area (Å²) < 4.78 is 0. The van der Waals surface area contributed by atoms with Gasteiger partial charge >= 0.3 is 0 Å². The molecule has 0 unspecified atom stereocenters. The number of aliphatic hydroxyl groups excluding tert-OH is 1. The molecule has 112 valence electrons. The van der Waals surface area contributed by atoms with Crippen LogP contribution < -0.4 is 10.2 Å². The minimum absolute atomic E-state index is 0.0897. The second kappa shape index (κ2) is 7.59. The van der Waals surface area contributed by atoms with Crippen molar-refractivity contribution in [2.24, 2.45) is 0 Å². The van der Waals surface area contributed by atoms with Crippen molar-refractivity contribution >= 4 is 11.6 Å². The minimum Gasteiger partial charge on any atom is -0.395 e. The molecule has 0 saturated carbocycles. The third kappa shape index (κ3) is 4.43. The predicted octanol–water partition coefficient (Wildman–Crippen LogP) is 2.22. The number of hydrogen-bond donors (Lipinski definition) is 2. The Hall–Kier alpha value is -2.14. The van der Waals surface area contributed by atoms with E-state index in [9.17, 15) is 5.11 Å². The Balaban J connectivity index is 2.24. The maximum absolute atomic E-state index is 9.32. The molecule has 1 heterocycles. The van der Waals surface area contributed by atoms with Crippen molar-refractivity contribution in [2.45, 2.75) is 20.4 Å². The van der Waals surface area contributed by atoms with Gasteiger partial charge in [0.05, 0.1) is 6.61 Å². The number of aromatic nitrogens is 2. The first-order valence-corrected chi connectivity index (χ1v) is 7.22. The van der Waals surface area contributed by atoms with Gasteiger partial charge in [0.1, 0.15) is 17.5 Å². The fourth-order valence-electron chi connectivity index (χ4n) is 2.18. The quantitative estimate of drug-likeness (QED) is 0.817. The fraction of sp³-hybridized carbons (Fsp3) is 0.375. The Morgan fingerprint density at radius 3 is 2.62 bits per heavy atom. The van der Waals surface area contributed by atoms with Gasteiger partial charge in [0, 0.05) is 25.7 Å². The molecule has 5 nitrogen and oxygen atoms in total. The molecule has 0 bridgehead atoms. The normalized spacial score (nSPS) is 10.4. The number of rotatable bonds is 7. The van der Waals surface area contributed by atoms with E-state index in [4.69, 9.17) is 0 Å². The number of aliphatic hydroxyl groups is 1. The van der Waals surface area contributed by atoms with Gasteiger partial charge in [-0.25, -0.2) is 9.97 Å². The molecule has 0 fully saturated rings. The van der Waals surface area contributed by atoms with Crippen LogP contribution in [0, 0.1) is 6.92 Å². The van der Waals surface area contributed by atoms with Crippen molar-refractivity contribution < 1.29 is 5.11 Å². The van der Waals surface area contributed by atoms with E-state index in [2.05, 4.69) is 32.3 Å². The van der Waals surface area contributed by atoms with Crippen LogP contribution in [-0.4, -0.2) is 34.8 Å². The van der Waals surface area contributed by atoms with Crippen molar-refractivity contribution in [1.29, 1.82) is 0 Å². The predicted molar refractivity (Wildman–Crippen MR) is 85.5 cm³/mol. The van der Waals surface area contributed by atoms with E-state index in [0.29, 0.717) is 13.1 Å². The van der Waals surface area contributed by atoms with Gasteiger partial charge in [-0.2, -0.15) is 0 Å². The number of aryl methyl sites for hydroxylation is 1. The second-order valence-electron chi connectivity index (χ2n) is 4.82. The molecular formula is C16H22N4O. The van der Waals surface area contributed by atoms with E-state index in [1.54, 1.807) is 0 Å². The molecule has 0 amide bonds. The van der Waals surface area contributed by atoms with Crippen LogP contribution in [0.5, 0.6) is 0 Å². The molecule has 5 heteroatoms. The van der Waals surface area contributed by atoms with Gasteiger partial charge in [-0.05, 0) is 19.4 Å². The van der Waals surface area contributed by atoms with E-state index in [1.165, 1.54) is 5.56 Å². The van der Waals surface area contributed by atoms with Gasteiger partial charge in [0.2, 0.25) is 0 Å². The zero-order chi connectivity index (χ0) is 15.1. The average molecular weight is 286 g/mol. The molecule has 0 saturated heterocycles. The lowest BCUT2D eigenvalue weighted by atomic mass is 10.2. The Bertz CT molecular complexity index is 559. The SMILES string of the molecule is CCNc1cc(N(CCO)Cc2ccccc2)nc(C)n1. The summed E-state index contributed by atoms with van der Waals surface area (Å²) in [4.78, 5) is 10.9. The fourth-order valence-corrected chi connectivity index (χ4v) is 2.18. The lowest BCUT2D eigenvalue weighted by molar-refractivity contribution is 0.301. The molecule has 2 N–H and O–H groups in total. The molecule has 1 aromatic heterocycles. The molecule has 0 radical (unpaired) electrons. The monoisotopic (exact) mass is 286 g/mol. The Morgan fingerprint density at radius 2 is 1.95 bits per heavy atom. The van der Waals surface area contributed by atoms with Crippen LogP contribution in [0.1, 0.15) is 18.3 Å². The lowest BCUT2D eigenvalue weighted by Crippen LogP contribution is -2.27. The third-order valence-electron chi connectivity index (χ3n) is 3.09. The van der Waals surface area contributed by atoms with Crippen LogP contribution in [0.15, 0.2) is 36.4 Å². The van der Waals surface area contributed by atoms with E-state index >= 15 is 0 Å². The molecule has 0 aliphatic carbocycles. The summed E-state index contributed by atoms with van der Waals surface area (Å²) in [6, 6.07) is 12.1. The number of anilines is 2. The van der Waals surface area contributed by atoms with Gasteiger partial charge < -0.3 is 15.3 Å². The summed E-state index contributed by atoms with van der Waals surface area (Å²) in [5, 5.41) is 12.5. The maximum Gasteiger partial charge on any atom is 0.134 e. The standard InChI is InChI=1S/C16H22N4O/c1-3-17-15-11-16(19-13(2)18-15)20(9-10-21)12-14-7-5-4-6-8-14/h4-8,11,21H,3,9-10,12H2,1-2H3,(H,17,18,19). The van der Waals surface area contributed by atoms with Crippen molar-refractivity contribution in [1.82, 2.24) is 9.97 Å². The Kier molecular flexibility index (Phi) is 5.51. The molecule has 0 aliphatic rings. The molecule has 0 aliphatic heterocycles. The number of benzene rings is 1. The first kappa shape index (κ1) is 15.3. The molecule has 1 aromatic carbocycles. The number of nitrogens with zero attached hydrogens (tertiary/aromatic N) is 3. The van der Waals surface area contributed by atoms with Crippen molar-refractivity contribution in [3.8, 4) is 0 Å². The summed E-state index contributed by atoms with van der Waals surface area (Å²) in [5.74, 6) is 2.37. The van der Waals surface area contributed by atoms with Crippen molar-refractivity contribution in [3.05, 3.63) is 47.8 Å². The van der Waals surface area contributed by atoms with Crippen LogP contribution in [0.2, 0.25) is 0 Å². The molecule has 2 aromatic rings. The lowest BCUT2D eigenvalue weighted by Gasteiger charge is -2.23. The van der Waals surface area contributed by atoms with Crippen LogP contribution in [0.4, 0.5) is 11.6 Å². The summed E-state index contributed by atoms with van der Waals surface area (Å²) in [6.45, 7) is 6.07. The Morgan fingerprint density at radius 1 is 1.19 bits per heavy atom. The first-order chi connectivity index (χ1) is 10.2. The zero-order valence-electron chi connectivity index (χ0n) is 12.6. The van der Waals surface area contributed by atoms with Gasteiger partial charge in [-0.15, -0.1) is 0 Å². The summed E-state index contributed by atoms with van der Waals surface area (Å²) >= 11 is 0. The highest BCUT2D eigenvalue weighted by Gasteiger charge is 2.11. The minimum atomic E-state index is 0.0897. The average Bonchev–Trinajstić information content (AvgIpc) is 2.48. The Labute approximate surface area is 125 Å². The zero-order valence-corrected chi connectivity index (χ0v) is 12.6. The van der Waals surface area contributed by atoms with E-state index in [-0.39, 0.29) is 6.61 Å². The maximum atomic E-state index is 9.32. The molecule has 21 heavy (non-hydrogen) atoms. The van der Waals surface area contributed by atoms with Crippen molar-refractivity contribution in [2.75, 3.05) is 29.9 Å². The topological polar surface area (TPSA) is 61.3 Å². The molecular weight excluding hydrogens is 264 g/mol.